The van der Waals surface area contributed by atoms with Crippen molar-refractivity contribution in [3.05, 3.63) is 77.5 Å². The maximum atomic E-state index is 12.8. The molecule has 0 aliphatic carbocycles. The second kappa shape index (κ2) is 7.37. The average molecular weight is 319 g/mol. The van der Waals surface area contributed by atoms with Crippen LogP contribution in [0.2, 0.25) is 0 Å². The molecular formula is C21H21NO2. The highest BCUT2D eigenvalue weighted by atomic mass is 16.3. The molecule has 0 radical (unpaired) electrons. The van der Waals surface area contributed by atoms with E-state index in [1.54, 1.807) is 6.20 Å². The third kappa shape index (κ3) is 3.52. The number of Topliss-reactive ketones (excluding diaryl/α,β-unsaturated/α-hetero) is 1. The van der Waals surface area contributed by atoms with Gasteiger partial charge in [0.15, 0.2) is 0 Å². The highest BCUT2D eigenvalue weighted by Crippen LogP contribution is 2.24. The van der Waals surface area contributed by atoms with E-state index in [1.165, 1.54) is 0 Å². The summed E-state index contributed by atoms with van der Waals surface area (Å²) in [6.45, 7) is 2.06. The molecule has 1 aromatic heterocycles. The number of hydrogen-bond donors (Lipinski definition) is 1. The Kier molecular flexibility index (Phi) is 5.02. The standard InChI is InChI=1S/C21H21NO2/c1-2-19(17-8-5-15(14-23)6-9-17)21(24)13-16-7-10-20-18(12-16)4-3-11-22-20/h3-12,19,23H,2,13-14H2,1H3. The van der Waals surface area contributed by atoms with Crippen molar-refractivity contribution in [2.75, 3.05) is 0 Å². The number of aliphatic hydroxyl groups is 1. The number of hydrogen-bond acceptors (Lipinski definition) is 3. The summed E-state index contributed by atoms with van der Waals surface area (Å²) in [4.78, 5) is 17.1. The molecule has 1 heterocycles. The lowest BCUT2D eigenvalue weighted by Gasteiger charge is -2.15. The summed E-state index contributed by atoms with van der Waals surface area (Å²) in [5, 5.41) is 10.2. The Morgan fingerprint density at radius 1 is 1.08 bits per heavy atom. The van der Waals surface area contributed by atoms with Crippen molar-refractivity contribution in [1.82, 2.24) is 4.98 Å². The van der Waals surface area contributed by atoms with Crippen molar-refractivity contribution in [3.8, 4) is 0 Å². The minimum atomic E-state index is -0.109. The van der Waals surface area contributed by atoms with Gasteiger partial charge in [-0.15, -0.1) is 0 Å². The van der Waals surface area contributed by atoms with Crippen molar-refractivity contribution in [1.29, 1.82) is 0 Å². The number of carbonyl (C=O) groups is 1. The predicted octanol–water partition coefficient (Wildman–Crippen LogP) is 4.03. The normalized spacial score (nSPS) is 12.2. The predicted molar refractivity (Wildman–Crippen MR) is 95.9 cm³/mol. The second-order valence-electron chi connectivity index (χ2n) is 6.03. The zero-order chi connectivity index (χ0) is 16.9. The molecule has 3 heteroatoms. The van der Waals surface area contributed by atoms with E-state index in [4.69, 9.17) is 5.11 Å². The molecule has 122 valence electrons. The van der Waals surface area contributed by atoms with E-state index in [9.17, 15) is 4.79 Å². The maximum Gasteiger partial charge on any atom is 0.144 e. The van der Waals surface area contributed by atoms with Crippen LogP contribution in [-0.4, -0.2) is 15.9 Å². The van der Waals surface area contributed by atoms with Crippen molar-refractivity contribution in [2.24, 2.45) is 0 Å². The molecule has 0 aliphatic rings. The number of rotatable bonds is 6. The van der Waals surface area contributed by atoms with Crippen molar-refractivity contribution in [2.45, 2.75) is 32.3 Å². The van der Waals surface area contributed by atoms with E-state index >= 15 is 0 Å². The first-order valence-electron chi connectivity index (χ1n) is 8.27. The van der Waals surface area contributed by atoms with E-state index in [1.807, 2.05) is 61.5 Å². The Bertz CT molecular complexity index is 840. The molecule has 3 nitrogen and oxygen atoms in total. The van der Waals surface area contributed by atoms with Crippen LogP contribution in [0, 0.1) is 0 Å². The van der Waals surface area contributed by atoms with E-state index in [2.05, 4.69) is 4.98 Å². The van der Waals surface area contributed by atoms with Crippen molar-refractivity contribution < 1.29 is 9.90 Å². The Morgan fingerprint density at radius 2 is 1.83 bits per heavy atom. The molecule has 24 heavy (non-hydrogen) atoms. The maximum absolute atomic E-state index is 12.8. The SMILES string of the molecule is CCC(C(=O)Cc1ccc2ncccc2c1)c1ccc(CO)cc1. The van der Waals surface area contributed by atoms with Gasteiger partial charge in [-0.3, -0.25) is 9.78 Å². The fourth-order valence-corrected chi connectivity index (χ4v) is 3.06. The number of nitrogens with zero attached hydrogens (tertiary/aromatic N) is 1. The average Bonchev–Trinajstić information content (AvgIpc) is 2.63. The van der Waals surface area contributed by atoms with Crippen LogP contribution in [0.15, 0.2) is 60.8 Å². The fourth-order valence-electron chi connectivity index (χ4n) is 3.06. The first-order valence-corrected chi connectivity index (χ1v) is 8.27. The van der Waals surface area contributed by atoms with Gasteiger partial charge in [-0.05, 0) is 41.3 Å². The van der Waals surface area contributed by atoms with Gasteiger partial charge in [0.2, 0.25) is 0 Å². The second-order valence-corrected chi connectivity index (χ2v) is 6.03. The molecule has 0 bridgehead atoms. The number of ketones is 1. The molecule has 0 saturated carbocycles. The van der Waals surface area contributed by atoms with Gasteiger partial charge in [-0.25, -0.2) is 0 Å². The molecular weight excluding hydrogens is 298 g/mol. The molecule has 3 rings (SSSR count). The van der Waals surface area contributed by atoms with Gasteiger partial charge < -0.3 is 5.11 Å². The number of carbonyl (C=O) groups excluding carboxylic acids is 1. The van der Waals surface area contributed by atoms with Crippen molar-refractivity contribution >= 4 is 16.7 Å². The van der Waals surface area contributed by atoms with Crippen LogP contribution >= 0.6 is 0 Å². The van der Waals surface area contributed by atoms with Crippen LogP contribution in [0.25, 0.3) is 10.9 Å². The quantitative estimate of drug-likeness (QED) is 0.746. The minimum absolute atomic E-state index is 0.0240. The topological polar surface area (TPSA) is 50.2 Å². The number of pyridine rings is 1. The Balaban J connectivity index is 1.79. The monoisotopic (exact) mass is 319 g/mol. The molecule has 3 aromatic rings. The van der Waals surface area contributed by atoms with Gasteiger partial charge in [-0.2, -0.15) is 0 Å². The van der Waals surface area contributed by atoms with Crippen LogP contribution in [0.4, 0.5) is 0 Å². The smallest absolute Gasteiger partial charge is 0.144 e. The van der Waals surface area contributed by atoms with Gasteiger partial charge in [0.05, 0.1) is 12.1 Å². The minimum Gasteiger partial charge on any atom is -0.392 e. The summed E-state index contributed by atoms with van der Waals surface area (Å²) in [7, 11) is 0. The molecule has 0 spiro atoms. The highest BCUT2D eigenvalue weighted by molar-refractivity contribution is 5.89. The van der Waals surface area contributed by atoms with E-state index < -0.39 is 0 Å². The lowest BCUT2D eigenvalue weighted by Crippen LogP contribution is -2.14. The van der Waals surface area contributed by atoms with E-state index in [0.717, 1.165) is 34.0 Å². The Hall–Kier alpha value is -2.52. The van der Waals surface area contributed by atoms with Gasteiger partial charge in [0.25, 0.3) is 0 Å². The number of fused-ring (bicyclic) bond motifs is 1. The van der Waals surface area contributed by atoms with Crippen LogP contribution in [0.5, 0.6) is 0 Å². The summed E-state index contributed by atoms with van der Waals surface area (Å²) in [5.41, 5.74) is 3.84. The van der Waals surface area contributed by atoms with Gasteiger partial charge in [0, 0.05) is 23.9 Å². The zero-order valence-corrected chi connectivity index (χ0v) is 13.8. The molecule has 0 aliphatic heterocycles. The summed E-state index contributed by atoms with van der Waals surface area (Å²) in [5.74, 6) is 0.111. The molecule has 0 amide bonds. The van der Waals surface area contributed by atoms with Crippen LogP contribution in [0.3, 0.4) is 0 Å². The first-order chi connectivity index (χ1) is 11.7. The summed E-state index contributed by atoms with van der Waals surface area (Å²) >= 11 is 0. The fraction of sp³-hybridized carbons (Fsp3) is 0.238. The van der Waals surface area contributed by atoms with Gasteiger partial charge in [0.1, 0.15) is 5.78 Å². The summed E-state index contributed by atoms with van der Waals surface area (Å²) in [6, 6.07) is 17.6. The van der Waals surface area contributed by atoms with Crippen LogP contribution in [0.1, 0.15) is 36.0 Å². The molecule has 1 atom stereocenters. The Labute approximate surface area is 142 Å². The number of aromatic nitrogens is 1. The highest BCUT2D eigenvalue weighted by Gasteiger charge is 2.19. The number of aliphatic hydroxyl groups excluding tert-OH is 1. The molecule has 0 saturated heterocycles. The van der Waals surface area contributed by atoms with E-state index in [0.29, 0.717) is 6.42 Å². The van der Waals surface area contributed by atoms with E-state index in [-0.39, 0.29) is 18.3 Å². The largest absolute Gasteiger partial charge is 0.392 e. The molecule has 2 aromatic carbocycles. The van der Waals surface area contributed by atoms with Crippen molar-refractivity contribution in [3.63, 3.8) is 0 Å². The van der Waals surface area contributed by atoms with Gasteiger partial charge in [-0.1, -0.05) is 43.3 Å². The Morgan fingerprint density at radius 3 is 2.54 bits per heavy atom. The third-order valence-electron chi connectivity index (χ3n) is 4.41. The summed E-state index contributed by atoms with van der Waals surface area (Å²) in [6.07, 6.45) is 2.97. The zero-order valence-electron chi connectivity index (χ0n) is 13.8. The van der Waals surface area contributed by atoms with Crippen LogP contribution < -0.4 is 0 Å². The first kappa shape index (κ1) is 16.3. The third-order valence-corrected chi connectivity index (χ3v) is 4.41. The summed E-state index contributed by atoms with van der Waals surface area (Å²) < 4.78 is 0. The van der Waals surface area contributed by atoms with Crippen LogP contribution in [-0.2, 0) is 17.8 Å². The molecule has 1 unspecified atom stereocenters. The van der Waals surface area contributed by atoms with Gasteiger partial charge >= 0.3 is 0 Å². The molecule has 1 N–H and O–H groups in total. The lowest BCUT2D eigenvalue weighted by molar-refractivity contribution is -0.119. The lowest BCUT2D eigenvalue weighted by atomic mass is 9.88. The molecule has 0 fully saturated rings. The number of benzene rings is 2.